The Morgan fingerprint density at radius 3 is 1.16 bits per heavy atom. The number of thioether (sulfide) groups is 1. The van der Waals surface area contributed by atoms with Crippen molar-refractivity contribution in [2.24, 2.45) is 23.7 Å². The number of sulfone groups is 2. The van der Waals surface area contributed by atoms with Crippen LogP contribution in [0.25, 0.3) is 11.1 Å². The topological polar surface area (TPSA) is 256 Å². The van der Waals surface area contributed by atoms with E-state index in [0.717, 1.165) is 161 Å². The van der Waals surface area contributed by atoms with Crippen LogP contribution in [0.3, 0.4) is 0 Å². The first-order chi connectivity index (χ1) is 53.5. The van der Waals surface area contributed by atoms with Gasteiger partial charge in [-0.3, -0.25) is 0 Å². The molecule has 4 saturated carbocycles. The van der Waals surface area contributed by atoms with Crippen LogP contribution in [0.15, 0.2) is 177 Å². The van der Waals surface area contributed by atoms with Gasteiger partial charge in [-0.2, -0.15) is 10.5 Å². The Morgan fingerprint density at radius 2 is 0.804 bits per heavy atom. The summed E-state index contributed by atoms with van der Waals surface area (Å²) in [6.07, 6.45) is 15.3. The van der Waals surface area contributed by atoms with Crippen molar-refractivity contribution in [2.45, 2.75) is 145 Å². The Labute approximate surface area is 735 Å². The van der Waals surface area contributed by atoms with Crippen molar-refractivity contribution in [1.29, 1.82) is 10.5 Å². The number of nitriles is 2. The number of nitrogens with zero attached hydrogens (tertiary/aromatic N) is 2. The molecule has 604 valence electrons. The van der Waals surface area contributed by atoms with Crippen LogP contribution in [-0.2, 0) is 57.6 Å². The minimum Gasteiger partial charge on any atom is -0.423 e. The van der Waals surface area contributed by atoms with Crippen LogP contribution in [0, 0.1) is 46.3 Å². The Bertz CT molecular complexity index is 4470. The number of hydrogen-bond acceptors (Lipinski definition) is 19. The third-order valence-electron chi connectivity index (χ3n) is 20.3. The van der Waals surface area contributed by atoms with Crippen LogP contribution >= 0.6 is 162 Å². The molecular weight excluding hydrogens is 1940 g/mol. The molecule has 0 bridgehead atoms. The van der Waals surface area contributed by atoms with Gasteiger partial charge in [0.2, 0.25) is 0 Å². The summed E-state index contributed by atoms with van der Waals surface area (Å²) in [6.45, 7) is 5.62. The van der Waals surface area contributed by atoms with Gasteiger partial charge in [-0.15, -0.1) is 24.4 Å². The molecule has 0 atom stereocenters. The van der Waals surface area contributed by atoms with Crippen molar-refractivity contribution >= 4 is 200 Å². The summed E-state index contributed by atoms with van der Waals surface area (Å²) in [5.74, 6) is 1.91. The predicted octanol–water partition coefficient (Wildman–Crippen LogP) is 21.2. The molecule has 7 aromatic rings. The molecule has 8 aliphatic rings. The third kappa shape index (κ3) is 28.3. The highest BCUT2D eigenvalue weighted by molar-refractivity contribution is 9.11. The highest BCUT2D eigenvalue weighted by Crippen LogP contribution is 2.45. The summed E-state index contributed by atoms with van der Waals surface area (Å²) in [4.78, 5) is 2.65. The lowest BCUT2D eigenvalue weighted by Crippen LogP contribution is -2.36. The van der Waals surface area contributed by atoms with Crippen LogP contribution in [0.1, 0.15) is 114 Å². The second kappa shape index (κ2) is 44.6. The first-order valence-corrected chi connectivity index (χ1v) is 47.6. The van der Waals surface area contributed by atoms with E-state index in [1.54, 1.807) is 66.7 Å². The highest BCUT2D eigenvalue weighted by Gasteiger charge is 2.44. The summed E-state index contributed by atoms with van der Waals surface area (Å²) in [5.41, 5.74) is 9.15. The highest BCUT2D eigenvalue weighted by atomic mass is 79.9. The van der Waals surface area contributed by atoms with E-state index < -0.39 is 38.4 Å². The smallest absolute Gasteiger partial charge is 0.423 e. The fourth-order valence-electron chi connectivity index (χ4n) is 13.9. The zero-order valence-corrected chi connectivity index (χ0v) is 76.2. The number of thiol groups is 1. The van der Waals surface area contributed by atoms with Gasteiger partial charge in [-0.25, -0.2) is 16.8 Å². The molecule has 4 N–H and O–H groups in total. The van der Waals surface area contributed by atoms with E-state index in [2.05, 4.69) is 104 Å². The number of alkyl halides is 1. The largest absolute Gasteiger partial charge is 0.488 e. The van der Waals surface area contributed by atoms with Crippen LogP contribution < -0.4 is 11.2 Å². The lowest BCUT2D eigenvalue weighted by Gasteiger charge is -2.35. The first-order valence-electron chi connectivity index (χ1n) is 36.6. The summed E-state index contributed by atoms with van der Waals surface area (Å²) in [7, 11) is -8.21. The van der Waals surface area contributed by atoms with Crippen LogP contribution in [-0.4, -0.2) is 133 Å². The Balaban J connectivity index is 0.000000157. The maximum Gasteiger partial charge on any atom is 0.488 e. The molecule has 112 heavy (non-hydrogen) atoms. The average molecular weight is 2030 g/mol. The van der Waals surface area contributed by atoms with E-state index >= 15 is 0 Å². The van der Waals surface area contributed by atoms with Crippen LogP contribution in [0.4, 0.5) is 5.69 Å². The van der Waals surface area contributed by atoms with Crippen LogP contribution in [0.2, 0.25) is 25.1 Å². The Morgan fingerprint density at radius 1 is 0.455 bits per heavy atom. The molecule has 4 aliphatic carbocycles. The Hall–Kier alpha value is -2.57. The molecule has 4 heterocycles. The third-order valence-corrected chi connectivity index (χ3v) is 31.7. The van der Waals surface area contributed by atoms with Gasteiger partial charge in [0.1, 0.15) is 0 Å². The molecule has 4 spiro atoms. The predicted molar refractivity (Wildman–Crippen MR) is 466 cm³/mol. The first kappa shape index (κ1) is 93.3. The SMILES string of the molecule is BrCC1CCC2(CC1)OCCO2.Clc1cc(SCC2CCC3(CC2)OCCO3)ccc1Br.N#Cc1ccc(-c2ccc(S(=O)(=O)CC3CCC4(CC3)OCCO4)cc2Cl)cc1.N#Cc1ccc(B(O)O)cc1.Nc1ccc(Br)c(Cl)c1.O=S(=O)(CC1CCC2(CC1)OCCO2)c1ccc(Br)c(Cl)c1.Sc1ccc(Br)c(Cl)c1. The van der Waals surface area contributed by atoms with Crippen molar-refractivity contribution in [1.82, 2.24) is 0 Å². The number of nitrogen functional groups attached to an aromatic ring is 1. The number of nitrogens with two attached hydrogens (primary N) is 1. The number of hydrogen-bond donors (Lipinski definition) is 4. The second-order valence-electron chi connectivity index (χ2n) is 28.1. The lowest BCUT2D eigenvalue weighted by atomic mass is 9.80. The maximum absolute atomic E-state index is 12.9. The van der Waals surface area contributed by atoms with Gasteiger partial charge < -0.3 is 53.7 Å². The molecule has 7 aromatic carbocycles. The zero-order valence-electron chi connectivity index (χ0n) is 61.2. The minimum absolute atomic E-state index is 0.0930. The van der Waals surface area contributed by atoms with Gasteiger partial charge in [0.05, 0.1) is 118 Å². The van der Waals surface area contributed by atoms with E-state index in [-0.39, 0.29) is 44.7 Å². The molecule has 0 unspecified atom stereocenters. The van der Waals surface area contributed by atoms with Crippen molar-refractivity contribution in [3.63, 3.8) is 0 Å². The molecule has 8 fully saturated rings. The summed E-state index contributed by atoms with van der Waals surface area (Å²) >= 11 is 52.7. The van der Waals surface area contributed by atoms with E-state index in [9.17, 15) is 16.8 Å². The molecular formula is C80H88BBr5Cl5N3O14S4. The van der Waals surface area contributed by atoms with Crippen molar-refractivity contribution in [3.8, 4) is 23.3 Å². The summed E-state index contributed by atoms with van der Waals surface area (Å²) in [5, 5.41) is 38.7. The molecule has 0 radical (unpaired) electrons. The van der Waals surface area contributed by atoms with E-state index in [1.165, 1.54) is 67.0 Å². The lowest BCUT2D eigenvalue weighted by molar-refractivity contribution is -0.181. The normalized spacial score (nSPS) is 20.4. The number of halogens is 10. The number of rotatable bonds is 12. The van der Waals surface area contributed by atoms with Gasteiger partial charge in [0.25, 0.3) is 0 Å². The van der Waals surface area contributed by atoms with Crippen molar-refractivity contribution in [3.05, 3.63) is 194 Å². The molecule has 15 rings (SSSR count). The molecule has 4 saturated heterocycles. The Kier molecular flexibility index (Phi) is 37.2. The van der Waals surface area contributed by atoms with Gasteiger partial charge in [0.15, 0.2) is 42.8 Å². The van der Waals surface area contributed by atoms with E-state index in [0.29, 0.717) is 73.3 Å². The summed E-state index contributed by atoms with van der Waals surface area (Å²) in [6, 6.07) is 43.8. The average Bonchev–Trinajstić information content (AvgIpc) is 1.34. The summed E-state index contributed by atoms with van der Waals surface area (Å²) < 4.78 is 100. The molecule has 0 aromatic heterocycles. The standard InChI is InChI=1S/C22H22ClNO4S.C15H18BrClO4S.C15H18BrClO2S.C9H15BrO2.C7H6BNO2.C6H5BrClN.C6H4BrClS/c23-21-13-19(5-6-20(21)18-3-1-16(14-24)2-4-18)29(25,26)15-17-7-9-22(10-8-17)27-11-12-28-22;16-13-2-1-12(9-14(13)17)22(18,19)10-11-3-5-15(6-4-11)20-7-8-21-15;16-13-2-1-12(9-14(13)17)20-10-11-3-5-15(6-4-11)18-7-8-19-15;10-7-8-1-3-9(4-2-8)11-5-6-12-9;9-5-6-1-3-7(4-2-6)8(10)11;2*7-5-2-1-4(9)3-6(5)8/h1-6,13,17H,7-12,15H2;1-2,9,11H,3-8,10H2;1-2,9,11H,3-8,10H2;8H,1-7H2;1-4,10-11H;1-3H,9H2;1-3,9H. The number of benzene rings is 7. The van der Waals surface area contributed by atoms with Crippen molar-refractivity contribution < 1.29 is 64.8 Å². The monoisotopic (exact) mass is 2020 g/mol. The molecule has 0 amide bonds. The quantitative estimate of drug-likeness (QED) is 0.0291. The van der Waals surface area contributed by atoms with Gasteiger partial charge in [-0.1, -0.05) is 104 Å². The zero-order chi connectivity index (χ0) is 80.7. The van der Waals surface area contributed by atoms with Gasteiger partial charge >= 0.3 is 7.12 Å². The van der Waals surface area contributed by atoms with Crippen LogP contribution in [0.5, 0.6) is 0 Å². The number of ether oxygens (including phenoxy) is 8. The van der Waals surface area contributed by atoms with E-state index in [1.807, 2.05) is 48.2 Å². The number of anilines is 1. The van der Waals surface area contributed by atoms with E-state index in [4.69, 9.17) is 122 Å². The fraction of sp³-hybridized carbons (Fsp3) is 0.450. The van der Waals surface area contributed by atoms with Crippen molar-refractivity contribution in [2.75, 3.05) is 81.2 Å². The molecule has 32 heteroatoms. The minimum atomic E-state index is -3.44. The van der Waals surface area contributed by atoms with Gasteiger partial charge in [0, 0.05) is 106 Å². The van der Waals surface area contributed by atoms with Gasteiger partial charge in [-0.05, 0) is 259 Å². The molecule has 4 aliphatic heterocycles. The maximum atomic E-state index is 12.9. The molecule has 17 nitrogen and oxygen atoms in total. The second-order valence-corrected chi connectivity index (χ2v) is 39.9. The fourth-order valence-corrected chi connectivity index (χ4v) is 21.6.